The van der Waals surface area contributed by atoms with Crippen LogP contribution in [0.3, 0.4) is 0 Å². The number of aromatic nitrogens is 2. The molecule has 2 aromatic heterocycles. The van der Waals surface area contributed by atoms with Gasteiger partial charge in [0.1, 0.15) is 5.60 Å². The van der Waals surface area contributed by atoms with Gasteiger partial charge in [-0.25, -0.2) is 4.79 Å². The molecule has 2 aliphatic heterocycles. The molecule has 1 atom stereocenters. The van der Waals surface area contributed by atoms with Crippen LogP contribution in [0.2, 0.25) is 5.02 Å². The van der Waals surface area contributed by atoms with Crippen LogP contribution < -0.4 is 15.4 Å². The molecule has 1 fully saturated rings. The zero-order valence-electron chi connectivity index (χ0n) is 23.7. The summed E-state index contributed by atoms with van der Waals surface area (Å²) in [4.78, 5) is 35.5. The Morgan fingerprint density at radius 1 is 1.24 bits per heavy atom. The lowest BCUT2D eigenvalue weighted by Gasteiger charge is -2.34. The summed E-state index contributed by atoms with van der Waals surface area (Å²) in [5.74, 6) is 6.90. The fourth-order valence-corrected chi connectivity index (χ4v) is 5.40. The van der Waals surface area contributed by atoms with E-state index in [1.165, 1.54) is 0 Å². The van der Waals surface area contributed by atoms with Crippen LogP contribution in [-0.4, -0.2) is 58.7 Å². The second-order valence-electron chi connectivity index (χ2n) is 11.1. The molecule has 0 spiro atoms. The summed E-state index contributed by atoms with van der Waals surface area (Å²) >= 11 is 6.39. The molecule has 0 aliphatic carbocycles. The van der Waals surface area contributed by atoms with Gasteiger partial charge in [0.2, 0.25) is 0 Å². The van der Waals surface area contributed by atoms with Gasteiger partial charge in [0.15, 0.2) is 5.75 Å². The van der Waals surface area contributed by atoms with Crippen molar-refractivity contribution in [2.24, 2.45) is 0 Å². The average molecular weight is 576 g/mol. The summed E-state index contributed by atoms with van der Waals surface area (Å²) in [5, 5.41) is 6.79. The second-order valence-corrected chi connectivity index (χ2v) is 11.5. The number of carbonyl (C=O) groups excluding carboxylic acids is 2. The van der Waals surface area contributed by atoms with Crippen molar-refractivity contribution >= 4 is 35.0 Å². The van der Waals surface area contributed by atoms with E-state index in [0.717, 1.165) is 30.5 Å². The zero-order valence-corrected chi connectivity index (χ0v) is 24.4. The number of nitrogens with one attached hydrogen (secondary N) is 3. The molecule has 2 amide bonds. The Balaban J connectivity index is 1.56. The number of ether oxygens (including phenoxy) is 2. The van der Waals surface area contributed by atoms with Gasteiger partial charge in [0.05, 0.1) is 46.4 Å². The Kier molecular flexibility index (Phi) is 8.13. The van der Waals surface area contributed by atoms with Gasteiger partial charge < -0.3 is 25.1 Å². The first kappa shape index (κ1) is 28.4. The van der Waals surface area contributed by atoms with Gasteiger partial charge in [-0.05, 0) is 58.2 Å². The van der Waals surface area contributed by atoms with Crippen molar-refractivity contribution in [1.82, 2.24) is 20.2 Å². The third-order valence-electron chi connectivity index (χ3n) is 6.99. The van der Waals surface area contributed by atoms with Crippen molar-refractivity contribution in [2.45, 2.75) is 58.1 Å². The summed E-state index contributed by atoms with van der Waals surface area (Å²) in [7, 11) is 1.55. The van der Waals surface area contributed by atoms with E-state index in [-0.39, 0.29) is 18.0 Å². The SMILES string of the molecule is COc1c(Cl)cccc1Nc1c(-c2ccncc2C#CC2CCCCN2C(=O)OC(C)(C)C)[nH]c2c1C(=O)NCC2. The van der Waals surface area contributed by atoms with Crippen LogP contribution in [-0.2, 0) is 11.2 Å². The Morgan fingerprint density at radius 2 is 2.07 bits per heavy atom. The first-order chi connectivity index (χ1) is 19.7. The molecule has 1 saturated heterocycles. The number of methoxy groups -OCH3 is 1. The van der Waals surface area contributed by atoms with Crippen molar-refractivity contribution in [2.75, 3.05) is 25.5 Å². The third-order valence-corrected chi connectivity index (χ3v) is 7.29. The standard InChI is InChI=1S/C31H34ClN5O4/c1-31(2,3)41-30(39)37-17-6-5-8-20(37)12-11-19-18-33-15-13-21(19)26-27(25-23(35-26)14-16-34-29(25)38)36-24-10-7-9-22(32)28(24)40-4/h7,9-10,13,15,18,20,35-36H,5-6,8,14,16-17H2,1-4H3,(H,34,38). The quantitative estimate of drug-likeness (QED) is 0.334. The van der Waals surface area contributed by atoms with E-state index in [1.807, 2.05) is 39.0 Å². The first-order valence-electron chi connectivity index (χ1n) is 13.7. The molecule has 9 nitrogen and oxygen atoms in total. The molecular weight excluding hydrogens is 542 g/mol. The molecule has 3 N–H and O–H groups in total. The molecule has 0 saturated carbocycles. The van der Waals surface area contributed by atoms with Crippen LogP contribution in [0.15, 0.2) is 36.7 Å². The minimum Gasteiger partial charge on any atom is -0.493 e. The highest BCUT2D eigenvalue weighted by atomic mass is 35.5. The molecule has 2 aliphatic rings. The van der Waals surface area contributed by atoms with Crippen molar-refractivity contribution in [3.05, 3.63) is 58.5 Å². The minimum atomic E-state index is -0.586. The maximum absolute atomic E-state index is 13.1. The number of H-pyrrole nitrogens is 1. The lowest BCUT2D eigenvalue weighted by Crippen LogP contribution is -2.45. The van der Waals surface area contributed by atoms with E-state index in [2.05, 4.69) is 32.4 Å². The van der Waals surface area contributed by atoms with E-state index in [1.54, 1.807) is 30.5 Å². The average Bonchev–Trinajstić information content (AvgIpc) is 3.30. The highest BCUT2D eigenvalue weighted by molar-refractivity contribution is 6.32. The summed E-state index contributed by atoms with van der Waals surface area (Å²) in [6, 6.07) is 6.99. The summed E-state index contributed by atoms with van der Waals surface area (Å²) in [6.07, 6.45) is 6.35. The molecule has 10 heteroatoms. The normalized spacial score (nSPS) is 16.7. The Labute approximate surface area is 245 Å². The van der Waals surface area contributed by atoms with E-state index >= 15 is 0 Å². The summed E-state index contributed by atoms with van der Waals surface area (Å²) < 4.78 is 11.2. The number of piperidine rings is 1. The van der Waals surface area contributed by atoms with Crippen LogP contribution >= 0.6 is 11.6 Å². The van der Waals surface area contributed by atoms with Gasteiger partial charge in [-0.2, -0.15) is 0 Å². The van der Waals surface area contributed by atoms with Crippen molar-refractivity contribution < 1.29 is 19.1 Å². The predicted octanol–water partition coefficient (Wildman–Crippen LogP) is 5.91. The van der Waals surface area contributed by atoms with Gasteiger partial charge in [-0.15, -0.1) is 0 Å². The Morgan fingerprint density at radius 3 is 2.85 bits per heavy atom. The lowest BCUT2D eigenvalue weighted by molar-refractivity contribution is 0.0158. The highest BCUT2D eigenvalue weighted by Crippen LogP contribution is 2.41. The number of para-hydroxylation sites is 1. The molecule has 214 valence electrons. The van der Waals surface area contributed by atoms with E-state index in [9.17, 15) is 9.59 Å². The van der Waals surface area contributed by atoms with Crippen LogP contribution in [0.4, 0.5) is 16.2 Å². The number of carbonyl (C=O) groups is 2. The van der Waals surface area contributed by atoms with Crippen LogP contribution in [0, 0.1) is 11.8 Å². The fraction of sp³-hybridized carbons (Fsp3) is 0.387. The van der Waals surface area contributed by atoms with Gasteiger partial charge >= 0.3 is 6.09 Å². The zero-order chi connectivity index (χ0) is 29.1. The lowest BCUT2D eigenvalue weighted by atomic mass is 10.0. The van der Waals surface area contributed by atoms with Crippen LogP contribution in [0.1, 0.15) is 61.6 Å². The molecule has 1 aromatic carbocycles. The van der Waals surface area contributed by atoms with Crippen LogP contribution in [0.5, 0.6) is 5.75 Å². The first-order valence-corrected chi connectivity index (χ1v) is 14.1. The van der Waals surface area contributed by atoms with Crippen LogP contribution in [0.25, 0.3) is 11.3 Å². The number of pyridine rings is 1. The maximum Gasteiger partial charge on any atom is 0.411 e. The van der Waals surface area contributed by atoms with Gasteiger partial charge in [0, 0.05) is 43.2 Å². The largest absolute Gasteiger partial charge is 0.493 e. The monoisotopic (exact) mass is 575 g/mol. The van der Waals surface area contributed by atoms with E-state index < -0.39 is 5.60 Å². The fourth-order valence-electron chi connectivity index (χ4n) is 5.15. The van der Waals surface area contributed by atoms with Gasteiger partial charge in [-0.1, -0.05) is 29.5 Å². The number of amides is 2. The molecule has 0 bridgehead atoms. The van der Waals surface area contributed by atoms with Crippen molar-refractivity contribution in [3.63, 3.8) is 0 Å². The number of nitrogens with zero attached hydrogens (tertiary/aromatic N) is 2. The number of hydrogen-bond donors (Lipinski definition) is 3. The highest BCUT2D eigenvalue weighted by Gasteiger charge is 2.30. The molecule has 0 radical (unpaired) electrons. The number of halogens is 1. The molecular formula is C31H34ClN5O4. The number of likely N-dealkylation sites (tertiary alicyclic amines) is 1. The number of aromatic amines is 1. The summed E-state index contributed by atoms with van der Waals surface area (Å²) in [5.41, 5.74) is 4.14. The molecule has 4 heterocycles. The molecule has 3 aromatic rings. The number of rotatable bonds is 4. The second kappa shape index (κ2) is 11.8. The number of hydrogen-bond acceptors (Lipinski definition) is 6. The Bertz CT molecular complexity index is 1530. The molecule has 1 unspecified atom stereocenters. The number of fused-ring (bicyclic) bond motifs is 1. The smallest absolute Gasteiger partial charge is 0.411 e. The van der Waals surface area contributed by atoms with E-state index in [4.69, 9.17) is 21.1 Å². The minimum absolute atomic E-state index is 0.172. The topological polar surface area (TPSA) is 109 Å². The number of anilines is 2. The third kappa shape index (κ3) is 6.13. The van der Waals surface area contributed by atoms with E-state index in [0.29, 0.717) is 58.5 Å². The maximum atomic E-state index is 13.1. The molecule has 41 heavy (non-hydrogen) atoms. The number of benzene rings is 1. The van der Waals surface area contributed by atoms with Gasteiger partial charge in [0.25, 0.3) is 5.91 Å². The summed E-state index contributed by atoms with van der Waals surface area (Å²) in [6.45, 7) is 6.72. The predicted molar refractivity (Wildman–Crippen MR) is 159 cm³/mol. The Hall–Kier alpha value is -4.16. The van der Waals surface area contributed by atoms with Crippen molar-refractivity contribution in [3.8, 4) is 28.8 Å². The molecule has 5 rings (SSSR count). The van der Waals surface area contributed by atoms with Crippen molar-refractivity contribution in [1.29, 1.82) is 0 Å². The van der Waals surface area contributed by atoms with Gasteiger partial charge in [-0.3, -0.25) is 14.7 Å².